The molecule has 3 aliphatic rings. The Hall–Kier alpha value is -3.74. The highest BCUT2D eigenvalue weighted by molar-refractivity contribution is 6.31. The predicted octanol–water partition coefficient (Wildman–Crippen LogP) is 4.00. The molecule has 5 rings (SSSR count). The van der Waals surface area contributed by atoms with Crippen molar-refractivity contribution < 1.29 is 38.1 Å². The number of benzene rings is 2. The van der Waals surface area contributed by atoms with Crippen LogP contribution >= 0.6 is 11.6 Å². The number of piperidine rings is 1. The molecule has 4 N–H and O–H groups in total. The van der Waals surface area contributed by atoms with Gasteiger partial charge in [0.2, 0.25) is 0 Å². The Morgan fingerprint density at radius 2 is 1.93 bits per heavy atom. The molecular weight excluding hydrogens is 547 g/mol. The number of carbonyl (C=O) groups is 4. The second-order valence-corrected chi connectivity index (χ2v) is 10.6. The molecule has 212 valence electrons. The van der Waals surface area contributed by atoms with E-state index in [1.165, 1.54) is 43.5 Å². The number of methoxy groups -OCH3 is 1. The van der Waals surface area contributed by atoms with Crippen LogP contribution in [0.1, 0.15) is 48.0 Å². The predicted molar refractivity (Wildman–Crippen MR) is 142 cm³/mol. The van der Waals surface area contributed by atoms with E-state index in [4.69, 9.17) is 26.2 Å². The van der Waals surface area contributed by atoms with Gasteiger partial charge in [-0.25, -0.2) is 18.9 Å². The number of imide groups is 1. The molecule has 1 saturated carbocycles. The molecule has 40 heavy (non-hydrogen) atoms. The molecule has 0 bridgehead atoms. The van der Waals surface area contributed by atoms with Gasteiger partial charge in [0.1, 0.15) is 6.04 Å². The van der Waals surface area contributed by atoms with Crippen LogP contribution in [0.15, 0.2) is 36.4 Å². The lowest BCUT2D eigenvalue weighted by Gasteiger charge is -2.44. The molecule has 0 unspecified atom stereocenters. The molecule has 2 atom stereocenters. The van der Waals surface area contributed by atoms with Gasteiger partial charge in [0.15, 0.2) is 11.4 Å². The number of amides is 4. The van der Waals surface area contributed by atoms with Gasteiger partial charge in [-0.05, 0) is 68.6 Å². The van der Waals surface area contributed by atoms with E-state index < -0.39 is 47.1 Å². The Kier molecular flexibility index (Phi) is 7.42. The molecule has 0 radical (unpaired) electrons. The molecule has 1 spiro atoms. The third-order valence-corrected chi connectivity index (χ3v) is 7.91. The van der Waals surface area contributed by atoms with Crippen LogP contribution in [0.5, 0.6) is 0 Å². The largest absolute Gasteiger partial charge is 0.465 e. The van der Waals surface area contributed by atoms with Gasteiger partial charge < -0.3 is 25.2 Å². The number of halogens is 2. The summed E-state index contributed by atoms with van der Waals surface area (Å²) in [4.78, 5) is 52.2. The monoisotopic (exact) mass is 574 g/mol. The highest BCUT2D eigenvalue weighted by Gasteiger charge is 2.53. The second-order valence-electron chi connectivity index (χ2n) is 10.2. The van der Waals surface area contributed by atoms with E-state index in [9.17, 15) is 19.2 Å². The fraction of sp³-hybridized carbons (Fsp3) is 0.407. The first-order valence-corrected chi connectivity index (χ1v) is 13.2. The normalized spacial score (nSPS) is 21.7. The number of anilines is 2. The molecule has 0 aromatic heterocycles. The van der Waals surface area contributed by atoms with Crippen molar-refractivity contribution in [1.82, 2.24) is 10.6 Å². The fourth-order valence-electron chi connectivity index (χ4n) is 5.34. The van der Waals surface area contributed by atoms with Gasteiger partial charge in [-0.2, -0.15) is 0 Å². The van der Waals surface area contributed by atoms with Crippen molar-refractivity contribution in [3.63, 3.8) is 0 Å². The Labute approximate surface area is 233 Å². The Balaban J connectivity index is 1.48. The average molecular weight is 575 g/mol. The number of rotatable bonds is 7. The van der Waals surface area contributed by atoms with E-state index in [2.05, 4.69) is 16.0 Å². The Morgan fingerprint density at radius 3 is 2.52 bits per heavy atom. The number of hydrogen-bond acceptors (Lipinski definition) is 7. The summed E-state index contributed by atoms with van der Waals surface area (Å²) >= 11 is 6.11. The topological polar surface area (TPSA) is 146 Å². The standard InChI is InChI=1S/C27H28ClFN4O7/c1-39-26(10-11-26)13-18(32-22(34)15-3-5-16(6-4-15)31-24(36)37)23(35)33-19-8-7-17(28)21(29)20(19)27(40-25(33)38)9-2-12-30-14-27/h3-8,18,30-31H,2,9-14H2,1H3,(H,32,34)(H,36,37)/t18-,27-/m0/s1. The molecular formula is C27H28ClFN4O7. The van der Waals surface area contributed by atoms with Crippen LogP contribution in [0, 0.1) is 5.82 Å². The zero-order valence-corrected chi connectivity index (χ0v) is 22.3. The molecule has 2 heterocycles. The molecule has 2 aliphatic heterocycles. The number of hydrogen-bond donors (Lipinski definition) is 4. The van der Waals surface area contributed by atoms with Gasteiger partial charge in [-0.3, -0.25) is 14.9 Å². The summed E-state index contributed by atoms with van der Waals surface area (Å²) in [6.45, 7) is 0.824. The first-order valence-electron chi connectivity index (χ1n) is 12.8. The number of nitrogens with one attached hydrogen (secondary N) is 3. The maximum Gasteiger partial charge on any atom is 0.422 e. The summed E-state index contributed by atoms with van der Waals surface area (Å²) < 4.78 is 26.9. The van der Waals surface area contributed by atoms with Crippen LogP contribution < -0.4 is 20.9 Å². The molecule has 4 amide bonds. The number of ether oxygens (including phenoxy) is 2. The number of nitrogens with zero attached hydrogens (tertiary/aromatic N) is 1. The van der Waals surface area contributed by atoms with Crippen LogP contribution in [0.3, 0.4) is 0 Å². The quantitative estimate of drug-likeness (QED) is 0.388. The van der Waals surface area contributed by atoms with E-state index in [-0.39, 0.29) is 40.5 Å². The second kappa shape index (κ2) is 10.7. The number of carbonyl (C=O) groups excluding carboxylic acids is 3. The highest BCUT2D eigenvalue weighted by atomic mass is 35.5. The SMILES string of the molecule is COC1(C[C@H](NC(=O)c2ccc(NC(=O)O)cc2)C(=O)N2C(=O)O[C@]3(CCCNC3)c3c2ccc(Cl)c3F)CC1. The molecule has 1 saturated heterocycles. The molecule has 2 fully saturated rings. The molecule has 2 aromatic carbocycles. The number of fused-ring (bicyclic) bond motifs is 2. The van der Waals surface area contributed by atoms with Gasteiger partial charge in [0.05, 0.1) is 21.9 Å². The zero-order valence-electron chi connectivity index (χ0n) is 21.6. The van der Waals surface area contributed by atoms with Gasteiger partial charge in [0.25, 0.3) is 11.8 Å². The minimum absolute atomic E-state index is 0.0115. The average Bonchev–Trinajstić information content (AvgIpc) is 3.70. The summed E-state index contributed by atoms with van der Waals surface area (Å²) in [5, 5.41) is 16.7. The molecule has 1 aliphatic carbocycles. The van der Waals surface area contributed by atoms with Crippen molar-refractivity contribution in [2.24, 2.45) is 0 Å². The minimum atomic E-state index is -1.33. The van der Waals surface area contributed by atoms with Crippen molar-refractivity contribution in [2.45, 2.75) is 49.3 Å². The maximum absolute atomic E-state index is 15.5. The lowest BCUT2D eigenvalue weighted by atomic mass is 9.83. The van der Waals surface area contributed by atoms with E-state index in [0.717, 1.165) is 4.90 Å². The van der Waals surface area contributed by atoms with Crippen LogP contribution in [0.25, 0.3) is 0 Å². The lowest BCUT2D eigenvalue weighted by molar-refractivity contribution is -0.122. The summed E-state index contributed by atoms with van der Waals surface area (Å²) in [7, 11) is 1.51. The van der Waals surface area contributed by atoms with Crippen LogP contribution in [0.2, 0.25) is 5.02 Å². The van der Waals surface area contributed by atoms with E-state index >= 15 is 4.39 Å². The summed E-state index contributed by atoms with van der Waals surface area (Å²) in [5.41, 5.74) is -1.55. The van der Waals surface area contributed by atoms with E-state index in [0.29, 0.717) is 32.2 Å². The lowest BCUT2D eigenvalue weighted by Crippen LogP contribution is -2.58. The Morgan fingerprint density at radius 1 is 1.20 bits per heavy atom. The van der Waals surface area contributed by atoms with Crippen LogP contribution in [-0.2, 0) is 19.9 Å². The van der Waals surface area contributed by atoms with E-state index in [1.54, 1.807) is 0 Å². The van der Waals surface area contributed by atoms with Crippen LogP contribution in [0.4, 0.5) is 25.4 Å². The van der Waals surface area contributed by atoms with Gasteiger partial charge in [-0.15, -0.1) is 0 Å². The molecule has 11 nitrogen and oxygen atoms in total. The summed E-state index contributed by atoms with van der Waals surface area (Å²) in [6, 6.07) is 7.05. The van der Waals surface area contributed by atoms with E-state index in [1.807, 2.05) is 0 Å². The maximum atomic E-state index is 15.5. The van der Waals surface area contributed by atoms with Crippen molar-refractivity contribution in [2.75, 3.05) is 30.4 Å². The third-order valence-electron chi connectivity index (χ3n) is 7.62. The Bertz CT molecular complexity index is 1360. The van der Waals surface area contributed by atoms with Gasteiger partial charge in [0, 0.05) is 31.3 Å². The molecule has 13 heteroatoms. The van der Waals surface area contributed by atoms with Crippen molar-refractivity contribution in [3.05, 3.63) is 58.4 Å². The van der Waals surface area contributed by atoms with Crippen molar-refractivity contribution >= 4 is 47.0 Å². The minimum Gasteiger partial charge on any atom is -0.465 e. The third kappa shape index (κ3) is 5.21. The zero-order chi connectivity index (χ0) is 28.7. The van der Waals surface area contributed by atoms with Crippen molar-refractivity contribution in [3.8, 4) is 0 Å². The summed E-state index contributed by atoms with van der Waals surface area (Å²) in [6.07, 6.45) is 0.0922. The first-order chi connectivity index (χ1) is 19.1. The summed E-state index contributed by atoms with van der Waals surface area (Å²) in [5.74, 6) is -2.22. The highest BCUT2D eigenvalue weighted by Crippen LogP contribution is 2.47. The fourth-order valence-corrected chi connectivity index (χ4v) is 5.50. The first kappa shape index (κ1) is 27.8. The smallest absolute Gasteiger partial charge is 0.422 e. The van der Waals surface area contributed by atoms with Crippen molar-refractivity contribution in [1.29, 1.82) is 0 Å². The molecule has 2 aromatic rings. The van der Waals surface area contributed by atoms with Gasteiger partial charge in [-0.1, -0.05) is 11.6 Å². The number of carboxylic acid groups (broad SMARTS) is 1. The van der Waals surface area contributed by atoms with Crippen LogP contribution in [-0.4, -0.2) is 60.9 Å². The van der Waals surface area contributed by atoms with Gasteiger partial charge >= 0.3 is 12.2 Å².